The molecule has 3 aromatic rings. The van der Waals surface area contributed by atoms with Crippen LogP contribution < -0.4 is 0 Å². The van der Waals surface area contributed by atoms with Gasteiger partial charge in [-0.2, -0.15) is 0 Å². The highest BCUT2D eigenvalue weighted by Crippen LogP contribution is 2.34. The van der Waals surface area contributed by atoms with Crippen molar-refractivity contribution in [2.45, 2.75) is 19.3 Å². The number of phenols is 1. The second-order valence-corrected chi connectivity index (χ2v) is 6.00. The molecule has 0 aliphatic heterocycles. The van der Waals surface area contributed by atoms with Gasteiger partial charge in [-0.25, -0.2) is 0 Å². The van der Waals surface area contributed by atoms with Crippen LogP contribution in [0, 0.1) is 0 Å². The van der Waals surface area contributed by atoms with Crippen LogP contribution >= 0.6 is 0 Å². The fraction of sp³-hybridized carbons (Fsp3) is 0.150. The smallest absolute Gasteiger partial charge is 0.176 e. The molecule has 0 aliphatic carbocycles. The molecule has 0 aromatic heterocycles. The lowest BCUT2D eigenvalue weighted by Gasteiger charge is -2.24. The third kappa shape index (κ3) is 2.27. The molecule has 22 heavy (non-hydrogen) atoms. The molecule has 0 unspecified atom stereocenters. The van der Waals surface area contributed by atoms with E-state index in [2.05, 4.69) is 0 Å². The van der Waals surface area contributed by atoms with Crippen molar-refractivity contribution in [1.29, 1.82) is 0 Å². The number of hydrogen-bond donors (Lipinski definition) is 1. The van der Waals surface area contributed by atoms with E-state index in [1.807, 2.05) is 74.5 Å². The van der Waals surface area contributed by atoms with Crippen molar-refractivity contribution in [3.8, 4) is 5.75 Å². The minimum Gasteiger partial charge on any atom is -0.507 e. The average Bonchev–Trinajstić information content (AvgIpc) is 2.56. The Kier molecular flexibility index (Phi) is 3.45. The van der Waals surface area contributed by atoms with Crippen LogP contribution in [0.3, 0.4) is 0 Å². The summed E-state index contributed by atoms with van der Waals surface area (Å²) >= 11 is 0. The van der Waals surface area contributed by atoms with Gasteiger partial charge in [-0.05, 0) is 30.9 Å². The van der Waals surface area contributed by atoms with E-state index in [-0.39, 0.29) is 11.5 Å². The van der Waals surface area contributed by atoms with Crippen molar-refractivity contribution in [2.75, 3.05) is 0 Å². The van der Waals surface area contributed by atoms with E-state index in [1.54, 1.807) is 6.07 Å². The van der Waals surface area contributed by atoms with Crippen molar-refractivity contribution in [3.05, 3.63) is 77.9 Å². The van der Waals surface area contributed by atoms with Crippen LogP contribution in [0.2, 0.25) is 0 Å². The number of hydrogen-bond acceptors (Lipinski definition) is 2. The van der Waals surface area contributed by atoms with Gasteiger partial charge in [-0.3, -0.25) is 4.79 Å². The molecule has 0 radical (unpaired) electrons. The Morgan fingerprint density at radius 1 is 0.864 bits per heavy atom. The predicted octanol–water partition coefficient (Wildman–Crippen LogP) is 4.71. The SMILES string of the molecule is CC(C)(C(=O)c1ccc2ccccc2c1O)c1ccccc1. The van der Waals surface area contributed by atoms with Crippen LogP contribution in [0.1, 0.15) is 29.8 Å². The zero-order valence-electron chi connectivity index (χ0n) is 12.7. The van der Waals surface area contributed by atoms with Crippen LogP contribution in [0.5, 0.6) is 5.75 Å². The molecule has 0 saturated heterocycles. The summed E-state index contributed by atoms with van der Waals surface area (Å²) in [4.78, 5) is 13.0. The van der Waals surface area contributed by atoms with Gasteiger partial charge in [0.05, 0.1) is 11.0 Å². The first-order chi connectivity index (χ1) is 10.5. The summed E-state index contributed by atoms with van der Waals surface area (Å²) in [7, 11) is 0. The molecule has 0 spiro atoms. The van der Waals surface area contributed by atoms with Gasteiger partial charge in [0, 0.05) is 5.39 Å². The molecule has 0 atom stereocenters. The van der Waals surface area contributed by atoms with Gasteiger partial charge in [-0.1, -0.05) is 60.7 Å². The fourth-order valence-electron chi connectivity index (χ4n) is 2.76. The number of carbonyl (C=O) groups is 1. The molecule has 0 aliphatic rings. The quantitative estimate of drug-likeness (QED) is 0.709. The van der Waals surface area contributed by atoms with E-state index < -0.39 is 5.41 Å². The van der Waals surface area contributed by atoms with Crippen molar-refractivity contribution < 1.29 is 9.90 Å². The van der Waals surface area contributed by atoms with E-state index in [0.717, 1.165) is 10.9 Å². The number of rotatable bonds is 3. The Morgan fingerprint density at radius 2 is 1.50 bits per heavy atom. The highest BCUT2D eigenvalue weighted by molar-refractivity contribution is 6.09. The lowest BCUT2D eigenvalue weighted by atomic mass is 9.77. The highest BCUT2D eigenvalue weighted by atomic mass is 16.3. The number of aromatic hydroxyl groups is 1. The lowest BCUT2D eigenvalue weighted by Crippen LogP contribution is -2.29. The first kappa shape index (κ1) is 14.3. The molecule has 0 amide bonds. The van der Waals surface area contributed by atoms with Gasteiger partial charge in [0.2, 0.25) is 0 Å². The summed E-state index contributed by atoms with van der Waals surface area (Å²) in [5.74, 6) is -0.0194. The number of carbonyl (C=O) groups excluding carboxylic acids is 1. The maximum absolute atomic E-state index is 13.0. The van der Waals surface area contributed by atoms with Crippen molar-refractivity contribution in [2.24, 2.45) is 0 Å². The monoisotopic (exact) mass is 290 g/mol. The Labute approximate surface area is 130 Å². The minimum absolute atomic E-state index is 0.0621. The van der Waals surface area contributed by atoms with Crippen LogP contribution in [-0.4, -0.2) is 10.9 Å². The third-order valence-electron chi connectivity index (χ3n) is 4.21. The van der Waals surface area contributed by atoms with Crippen molar-refractivity contribution >= 4 is 16.6 Å². The van der Waals surface area contributed by atoms with Crippen LogP contribution in [0.4, 0.5) is 0 Å². The molecule has 110 valence electrons. The van der Waals surface area contributed by atoms with Gasteiger partial charge in [-0.15, -0.1) is 0 Å². The summed E-state index contributed by atoms with van der Waals surface area (Å²) in [5.41, 5.74) is 0.612. The number of benzene rings is 3. The summed E-state index contributed by atoms with van der Waals surface area (Å²) in [6.07, 6.45) is 0. The van der Waals surface area contributed by atoms with Crippen molar-refractivity contribution in [1.82, 2.24) is 0 Å². The second kappa shape index (κ2) is 5.30. The van der Waals surface area contributed by atoms with Crippen LogP contribution in [-0.2, 0) is 5.41 Å². The number of fused-ring (bicyclic) bond motifs is 1. The third-order valence-corrected chi connectivity index (χ3v) is 4.21. The molecule has 3 rings (SSSR count). The second-order valence-electron chi connectivity index (χ2n) is 6.00. The molecule has 0 heterocycles. The van der Waals surface area contributed by atoms with Gasteiger partial charge in [0.15, 0.2) is 5.78 Å². The predicted molar refractivity (Wildman–Crippen MR) is 89.4 cm³/mol. The van der Waals surface area contributed by atoms with E-state index in [1.165, 1.54) is 0 Å². The van der Waals surface area contributed by atoms with E-state index in [9.17, 15) is 9.90 Å². The van der Waals surface area contributed by atoms with Gasteiger partial charge in [0.1, 0.15) is 5.75 Å². The summed E-state index contributed by atoms with van der Waals surface area (Å²) in [6.45, 7) is 3.78. The number of Topliss-reactive ketones (excluding diaryl/α,β-unsaturated/α-hetero) is 1. The van der Waals surface area contributed by atoms with Gasteiger partial charge in [0.25, 0.3) is 0 Å². The summed E-state index contributed by atoms with van der Waals surface area (Å²) in [6, 6.07) is 20.8. The maximum atomic E-state index is 13.0. The molecule has 0 fully saturated rings. The molecule has 1 N–H and O–H groups in total. The fourth-order valence-corrected chi connectivity index (χ4v) is 2.76. The lowest BCUT2D eigenvalue weighted by molar-refractivity contribution is 0.0906. The first-order valence-electron chi connectivity index (χ1n) is 7.33. The molecular formula is C20H18O2. The highest BCUT2D eigenvalue weighted by Gasteiger charge is 2.32. The summed E-state index contributed by atoms with van der Waals surface area (Å²) in [5, 5.41) is 12.1. The standard InChI is InChI=1S/C20H18O2/c1-20(2,15-9-4-3-5-10-15)19(22)17-13-12-14-8-6-7-11-16(14)18(17)21/h3-13,21H,1-2H3. The minimum atomic E-state index is -0.693. The normalized spacial score (nSPS) is 11.5. The van der Waals surface area contributed by atoms with E-state index in [0.29, 0.717) is 10.9 Å². The van der Waals surface area contributed by atoms with Crippen LogP contribution in [0.15, 0.2) is 66.7 Å². The molecule has 0 saturated carbocycles. The average molecular weight is 290 g/mol. The Bertz CT molecular complexity index is 833. The molecule has 3 aromatic carbocycles. The Morgan fingerprint density at radius 3 is 2.23 bits per heavy atom. The van der Waals surface area contributed by atoms with Crippen molar-refractivity contribution in [3.63, 3.8) is 0 Å². The Balaban J connectivity index is 2.11. The topological polar surface area (TPSA) is 37.3 Å². The molecule has 2 heteroatoms. The maximum Gasteiger partial charge on any atom is 0.176 e. The Hall–Kier alpha value is -2.61. The largest absolute Gasteiger partial charge is 0.507 e. The number of ketones is 1. The van der Waals surface area contributed by atoms with E-state index in [4.69, 9.17) is 0 Å². The van der Waals surface area contributed by atoms with Gasteiger partial charge < -0.3 is 5.11 Å². The molecule has 2 nitrogen and oxygen atoms in total. The van der Waals surface area contributed by atoms with Gasteiger partial charge >= 0.3 is 0 Å². The summed E-state index contributed by atoms with van der Waals surface area (Å²) < 4.78 is 0. The number of phenolic OH excluding ortho intramolecular Hbond substituents is 1. The first-order valence-corrected chi connectivity index (χ1v) is 7.33. The zero-order chi connectivity index (χ0) is 15.7. The van der Waals surface area contributed by atoms with Crippen LogP contribution in [0.25, 0.3) is 10.8 Å². The van der Waals surface area contributed by atoms with E-state index >= 15 is 0 Å². The zero-order valence-corrected chi connectivity index (χ0v) is 12.7. The molecule has 0 bridgehead atoms. The molecular weight excluding hydrogens is 272 g/mol.